The molecule has 4 N–H and O–H groups in total. The highest BCUT2D eigenvalue weighted by atomic mass is 32.2. The van der Waals surface area contributed by atoms with Crippen LogP contribution in [0.15, 0.2) is 0 Å². The van der Waals surface area contributed by atoms with E-state index in [0.717, 1.165) is 24.5 Å². The average molecular weight is 269 g/mol. The molecule has 0 aromatic rings. The van der Waals surface area contributed by atoms with Gasteiger partial charge in [-0.15, -0.1) is 11.8 Å². The molecule has 5 heteroatoms. The molecule has 3 rings (SSSR count). The predicted molar refractivity (Wildman–Crippen MR) is 74.2 cm³/mol. The molecule has 1 saturated heterocycles. The summed E-state index contributed by atoms with van der Waals surface area (Å²) < 4.78 is 0. The van der Waals surface area contributed by atoms with Crippen molar-refractivity contribution in [3.63, 3.8) is 0 Å². The molecule has 2 saturated carbocycles. The summed E-state index contributed by atoms with van der Waals surface area (Å²) in [5, 5.41) is 6.56. The van der Waals surface area contributed by atoms with Gasteiger partial charge < -0.3 is 11.1 Å². The van der Waals surface area contributed by atoms with E-state index in [1.807, 2.05) is 0 Å². The lowest BCUT2D eigenvalue weighted by Gasteiger charge is -2.45. The van der Waals surface area contributed by atoms with E-state index in [1.165, 1.54) is 19.3 Å². The van der Waals surface area contributed by atoms with Crippen LogP contribution in [0.4, 0.5) is 0 Å². The van der Waals surface area contributed by atoms with Crippen LogP contribution >= 0.6 is 11.8 Å². The zero-order chi connectivity index (χ0) is 12.5. The highest BCUT2D eigenvalue weighted by molar-refractivity contribution is 7.99. The lowest BCUT2D eigenvalue weighted by molar-refractivity contribution is -0.124. The Morgan fingerprint density at radius 1 is 1.28 bits per heavy atom. The van der Waals surface area contributed by atoms with Gasteiger partial charge in [-0.3, -0.25) is 10.1 Å². The Hall–Kier alpha value is -0.260. The fraction of sp³-hybridized carbons (Fsp3) is 0.923. The van der Waals surface area contributed by atoms with Crippen molar-refractivity contribution in [2.45, 2.75) is 50.2 Å². The van der Waals surface area contributed by atoms with Crippen molar-refractivity contribution in [2.75, 3.05) is 11.6 Å². The van der Waals surface area contributed by atoms with Crippen LogP contribution in [0, 0.1) is 11.8 Å². The minimum Gasteiger partial charge on any atom is -0.351 e. The number of nitrogens with two attached hydrogens (primary N) is 1. The maximum atomic E-state index is 12.2. The lowest BCUT2D eigenvalue weighted by Crippen LogP contribution is -2.56. The highest BCUT2D eigenvalue weighted by Crippen LogP contribution is 2.39. The van der Waals surface area contributed by atoms with Gasteiger partial charge in [0.25, 0.3) is 0 Å². The van der Waals surface area contributed by atoms with Gasteiger partial charge >= 0.3 is 0 Å². The first-order chi connectivity index (χ1) is 8.74. The third kappa shape index (κ3) is 2.53. The maximum Gasteiger partial charge on any atom is 0.238 e. The lowest BCUT2D eigenvalue weighted by atomic mass is 9.67. The molecule has 102 valence electrons. The van der Waals surface area contributed by atoms with Gasteiger partial charge in [-0.1, -0.05) is 6.42 Å². The Kier molecular flexibility index (Phi) is 3.82. The second-order valence-electron chi connectivity index (χ2n) is 5.99. The van der Waals surface area contributed by atoms with Crippen LogP contribution in [0.1, 0.15) is 32.1 Å². The predicted octanol–water partition coefficient (Wildman–Crippen LogP) is 0.671. The molecule has 1 aliphatic heterocycles. The molecule has 0 spiro atoms. The second-order valence-corrected chi connectivity index (χ2v) is 7.02. The molecule has 2 unspecified atom stereocenters. The molecular formula is C13H23N3OS. The van der Waals surface area contributed by atoms with E-state index in [0.29, 0.717) is 23.9 Å². The number of hydrogen-bond donors (Lipinski definition) is 3. The number of amides is 1. The molecular weight excluding hydrogens is 246 g/mol. The largest absolute Gasteiger partial charge is 0.351 e. The molecule has 2 bridgehead atoms. The van der Waals surface area contributed by atoms with Crippen molar-refractivity contribution in [2.24, 2.45) is 17.6 Å². The van der Waals surface area contributed by atoms with Crippen molar-refractivity contribution in [3.05, 3.63) is 0 Å². The molecule has 4 nitrogen and oxygen atoms in total. The van der Waals surface area contributed by atoms with Crippen LogP contribution in [-0.4, -0.2) is 35.7 Å². The number of carbonyl (C=O) groups excluding carboxylic acids is 1. The molecule has 3 aliphatic rings. The van der Waals surface area contributed by atoms with Crippen molar-refractivity contribution < 1.29 is 4.79 Å². The van der Waals surface area contributed by atoms with Crippen molar-refractivity contribution in [1.82, 2.24) is 10.6 Å². The zero-order valence-corrected chi connectivity index (χ0v) is 11.5. The fourth-order valence-electron chi connectivity index (χ4n) is 3.85. The molecule has 2 aliphatic carbocycles. The van der Waals surface area contributed by atoms with Gasteiger partial charge in [0, 0.05) is 23.7 Å². The summed E-state index contributed by atoms with van der Waals surface area (Å²) in [6.07, 6.45) is 5.97. The van der Waals surface area contributed by atoms with Gasteiger partial charge in [0.15, 0.2) is 0 Å². The van der Waals surface area contributed by atoms with E-state index in [9.17, 15) is 4.79 Å². The molecule has 3 fully saturated rings. The molecule has 0 radical (unpaired) electrons. The van der Waals surface area contributed by atoms with Crippen molar-refractivity contribution in [1.29, 1.82) is 0 Å². The Bertz CT molecular complexity index is 305. The summed E-state index contributed by atoms with van der Waals surface area (Å²) in [7, 11) is 0. The summed E-state index contributed by atoms with van der Waals surface area (Å²) in [5.74, 6) is 3.25. The SMILES string of the molecule is NC1CC2CCCC(C1)C2NC(=O)[C@H]1CSCN1. The van der Waals surface area contributed by atoms with Crippen molar-refractivity contribution in [3.8, 4) is 0 Å². The molecule has 0 aromatic heterocycles. The van der Waals surface area contributed by atoms with E-state index in [1.54, 1.807) is 11.8 Å². The minimum absolute atomic E-state index is 0.0197. The molecule has 18 heavy (non-hydrogen) atoms. The third-order valence-electron chi connectivity index (χ3n) is 4.72. The van der Waals surface area contributed by atoms with E-state index >= 15 is 0 Å². The fourth-order valence-corrected chi connectivity index (χ4v) is 4.80. The van der Waals surface area contributed by atoms with Gasteiger partial charge in [-0.05, 0) is 37.5 Å². The Labute approximate surface area is 113 Å². The number of fused-ring (bicyclic) bond motifs is 2. The van der Waals surface area contributed by atoms with Gasteiger partial charge in [-0.2, -0.15) is 0 Å². The summed E-state index contributed by atoms with van der Waals surface area (Å²) >= 11 is 1.80. The van der Waals surface area contributed by atoms with Crippen LogP contribution in [0.3, 0.4) is 0 Å². The molecule has 1 heterocycles. The first-order valence-corrected chi connectivity index (χ1v) is 8.26. The first kappa shape index (κ1) is 12.8. The topological polar surface area (TPSA) is 67.1 Å². The Balaban J connectivity index is 1.62. The van der Waals surface area contributed by atoms with Crippen LogP contribution in [0.2, 0.25) is 0 Å². The summed E-state index contributed by atoms with van der Waals surface area (Å²) in [4.78, 5) is 12.2. The number of rotatable bonds is 2. The average Bonchev–Trinajstić information content (AvgIpc) is 2.83. The number of carbonyl (C=O) groups is 1. The number of nitrogens with one attached hydrogen (secondary N) is 2. The van der Waals surface area contributed by atoms with Gasteiger partial charge in [0.2, 0.25) is 5.91 Å². The Morgan fingerprint density at radius 2 is 2.00 bits per heavy atom. The molecule has 1 amide bonds. The standard InChI is InChI=1S/C13H23N3OS/c14-10-4-8-2-1-3-9(5-10)12(8)16-13(17)11-6-18-7-15-11/h8-12,15H,1-7,14H2,(H,16,17)/t8?,9?,10?,11-,12?/m1/s1. The second kappa shape index (κ2) is 5.39. The quantitative estimate of drug-likeness (QED) is 0.689. The summed E-state index contributed by atoms with van der Waals surface area (Å²) in [6, 6.07) is 0.762. The monoisotopic (exact) mass is 269 g/mol. The smallest absolute Gasteiger partial charge is 0.238 e. The van der Waals surface area contributed by atoms with Gasteiger partial charge in [0.1, 0.15) is 0 Å². The maximum absolute atomic E-state index is 12.2. The minimum atomic E-state index is 0.0197. The van der Waals surface area contributed by atoms with E-state index in [4.69, 9.17) is 5.73 Å². The first-order valence-electron chi connectivity index (χ1n) is 7.11. The van der Waals surface area contributed by atoms with Crippen LogP contribution in [0.25, 0.3) is 0 Å². The zero-order valence-electron chi connectivity index (χ0n) is 10.7. The van der Waals surface area contributed by atoms with E-state index < -0.39 is 0 Å². The number of hydrogen-bond acceptors (Lipinski definition) is 4. The van der Waals surface area contributed by atoms with E-state index in [-0.39, 0.29) is 11.9 Å². The van der Waals surface area contributed by atoms with Crippen LogP contribution in [-0.2, 0) is 4.79 Å². The Morgan fingerprint density at radius 3 is 2.61 bits per heavy atom. The summed E-state index contributed by atoms with van der Waals surface area (Å²) in [6.45, 7) is 0. The van der Waals surface area contributed by atoms with E-state index in [2.05, 4.69) is 10.6 Å². The van der Waals surface area contributed by atoms with Crippen LogP contribution < -0.4 is 16.4 Å². The van der Waals surface area contributed by atoms with Crippen molar-refractivity contribution >= 4 is 17.7 Å². The van der Waals surface area contributed by atoms with Crippen LogP contribution in [0.5, 0.6) is 0 Å². The number of thioether (sulfide) groups is 1. The highest BCUT2D eigenvalue weighted by Gasteiger charge is 2.40. The normalized spacial score (nSPS) is 43.7. The van der Waals surface area contributed by atoms with Gasteiger partial charge in [-0.25, -0.2) is 0 Å². The van der Waals surface area contributed by atoms with Gasteiger partial charge in [0.05, 0.1) is 6.04 Å². The third-order valence-corrected chi connectivity index (χ3v) is 5.66. The summed E-state index contributed by atoms with van der Waals surface area (Å²) in [5.41, 5.74) is 6.11. The molecule has 3 atom stereocenters. The molecule has 0 aromatic carbocycles.